The summed E-state index contributed by atoms with van der Waals surface area (Å²) in [6.45, 7) is -17.6. The molecule has 1 N–H and O–H groups in total. The van der Waals surface area contributed by atoms with Crippen molar-refractivity contribution in [2.45, 2.75) is 6.50 Å². The highest BCUT2D eigenvalue weighted by Gasteiger charge is 2.20. The molecule has 0 amide bonds. The maximum absolute atomic E-state index is 11.9. The number of H-pyrrole nitrogens is 1. The molecular weight excluding hydrogens is 362 g/mol. The van der Waals surface area contributed by atoms with Crippen LogP contribution < -0.4 is 10.7 Å². The van der Waals surface area contributed by atoms with Crippen molar-refractivity contribution in [1.29, 1.82) is 0 Å². The molecule has 0 atom stereocenters. The number of nitrogens with one attached hydrogen (secondary N) is 1. The van der Waals surface area contributed by atoms with Crippen LogP contribution in [0, 0.1) is 0 Å². The molecule has 1 aliphatic heterocycles. The number of para-hydroxylation sites is 1. The molecule has 0 unspecified atom stereocenters. The van der Waals surface area contributed by atoms with Crippen LogP contribution in [0.5, 0.6) is 0 Å². The van der Waals surface area contributed by atoms with Crippen LogP contribution >= 0.6 is 0 Å². The molecule has 146 valence electrons. The summed E-state index contributed by atoms with van der Waals surface area (Å²) in [5.74, 6) is -0.978. The summed E-state index contributed by atoms with van der Waals surface area (Å²) in [6, 6.07) is 5.19. The van der Waals surface area contributed by atoms with E-state index in [1.165, 1.54) is 24.3 Å². The number of hydrogen-bond acceptors (Lipinski definition) is 4. The quantitative estimate of drug-likeness (QED) is 0.560. The van der Waals surface area contributed by atoms with Gasteiger partial charge in [-0.25, -0.2) is 4.79 Å². The largest absolute Gasteiger partial charge is 0.417 e. The molecule has 0 spiro atoms. The van der Waals surface area contributed by atoms with E-state index in [0.29, 0.717) is 0 Å². The van der Waals surface area contributed by atoms with Gasteiger partial charge in [-0.15, -0.1) is 0 Å². The minimum absolute atomic E-state index is 0.00226. The van der Waals surface area contributed by atoms with E-state index in [-0.39, 0.29) is 32.0 Å². The number of benzene rings is 3. The van der Waals surface area contributed by atoms with Crippen LogP contribution in [0.15, 0.2) is 81.9 Å². The molecule has 0 aliphatic carbocycles. The molecular formula is C24H23N3O2. The lowest BCUT2D eigenvalue weighted by molar-refractivity contribution is 0.250. The van der Waals surface area contributed by atoms with E-state index in [1.807, 2.05) is 0 Å². The number of fused-ring (bicyclic) bond motifs is 1. The molecule has 0 bridgehead atoms. The second-order valence-corrected chi connectivity index (χ2v) is 5.98. The second kappa shape index (κ2) is 7.60. The summed E-state index contributed by atoms with van der Waals surface area (Å²) in [5, 5.41) is 0. The van der Waals surface area contributed by atoms with E-state index in [4.69, 9.17) is 25.0 Å². The Morgan fingerprint density at radius 3 is 2.66 bits per heavy atom. The zero-order chi connectivity index (χ0) is 32.9. The Morgan fingerprint density at radius 2 is 1.83 bits per heavy atom. The van der Waals surface area contributed by atoms with Crippen molar-refractivity contribution >= 4 is 16.8 Å². The number of nitrogens with zero attached hydrogens (tertiary/aromatic N) is 2. The van der Waals surface area contributed by atoms with Crippen molar-refractivity contribution in [2.75, 3.05) is 30.9 Å². The van der Waals surface area contributed by atoms with Gasteiger partial charge in [0.2, 0.25) is 0 Å². The molecule has 1 fully saturated rings. The van der Waals surface area contributed by atoms with E-state index >= 15 is 0 Å². The summed E-state index contributed by atoms with van der Waals surface area (Å²) >= 11 is 0. The average Bonchev–Trinajstić information content (AvgIpc) is 3.31. The molecule has 5 rings (SSSR count). The van der Waals surface area contributed by atoms with Crippen LogP contribution in [0.25, 0.3) is 22.2 Å². The summed E-state index contributed by atoms with van der Waals surface area (Å²) < 4.78 is 133. The highest BCUT2D eigenvalue weighted by Crippen LogP contribution is 2.26. The zero-order valence-corrected chi connectivity index (χ0v) is 14.8. The van der Waals surface area contributed by atoms with Crippen molar-refractivity contribution in [3.8, 4) is 11.1 Å². The molecule has 5 heteroatoms. The Labute approximate surface area is 190 Å². The fourth-order valence-electron chi connectivity index (χ4n) is 2.83. The van der Waals surface area contributed by atoms with E-state index < -0.39 is 79.7 Å². The minimum Gasteiger partial charge on any atom is -0.406 e. The third-order valence-corrected chi connectivity index (χ3v) is 4.11. The lowest BCUT2D eigenvalue weighted by atomic mass is 10.0. The highest BCUT2D eigenvalue weighted by molar-refractivity contribution is 5.86. The van der Waals surface area contributed by atoms with Crippen molar-refractivity contribution in [3.05, 3.63) is 88.8 Å². The van der Waals surface area contributed by atoms with Gasteiger partial charge < -0.3 is 9.32 Å². The van der Waals surface area contributed by atoms with Crippen LogP contribution in [-0.2, 0) is 6.50 Å². The molecule has 1 aromatic heterocycles. The van der Waals surface area contributed by atoms with E-state index in [1.54, 1.807) is 0 Å². The first-order valence-electron chi connectivity index (χ1n) is 16.0. The molecule has 1 aliphatic rings. The van der Waals surface area contributed by atoms with Crippen molar-refractivity contribution < 1.29 is 25.0 Å². The van der Waals surface area contributed by atoms with E-state index in [9.17, 15) is 4.79 Å². The van der Waals surface area contributed by atoms with Crippen LogP contribution in [0.4, 0.5) is 5.69 Å². The SMILES string of the molecule is [2H]c1c([2H])c([2H])c(-c2cccc(C([2H])([2H])N3C([2H])([2H])C([2H])([2H])N(c4cccc5[nH]c(=O)oc45)C([2H])([2H])C3([2H])[2H])c2)c([2H])c1[2H]. The van der Waals surface area contributed by atoms with Gasteiger partial charge in [-0.1, -0.05) is 54.5 Å². The van der Waals surface area contributed by atoms with Gasteiger partial charge in [0.1, 0.15) is 0 Å². The zero-order valence-electron chi connectivity index (χ0n) is 29.8. The van der Waals surface area contributed by atoms with Gasteiger partial charge in [-0.3, -0.25) is 9.88 Å². The normalized spacial score (nSPS) is 30.1. The minimum atomic E-state index is -3.64. The van der Waals surface area contributed by atoms with Crippen LogP contribution in [0.2, 0.25) is 0 Å². The predicted octanol–water partition coefficient (Wildman–Crippen LogP) is 4.11. The fraction of sp³-hybridized carbons (Fsp3) is 0.208. The molecule has 0 radical (unpaired) electrons. The molecule has 5 nitrogen and oxygen atoms in total. The van der Waals surface area contributed by atoms with Crippen molar-refractivity contribution in [2.24, 2.45) is 0 Å². The number of aromatic nitrogens is 1. The van der Waals surface area contributed by atoms with Crippen LogP contribution in [0.1, 0.15) is 26.1 Å². The fourth-order valence-corrected chi connectivity index (χ4v) is 2.83. The number of hydrogen-bond donors (Lipinski definition) is 1. The van der Waals surface area contributed by atoms with Gasteiger partial charge in [0.15, 0.2) is 5.58 Å². The summed E-state index contributed by atoms with van der Waals surface area (Å²) in [5.41, 5.74) is -1.80. The van der Waals surface area contributed by atoms with E-state index in [0.717, 1.165) is 18.2 Å². The Morgan fingerprint density at radius 1 is 1.03 bits per heavy atom. The Hall–Kier alpha value is -3.31. The van der Waals surface area contributed by atoms with Crippen molar-refractivity contribution in [3.63, 3.8) is 0 Å². The topological polar surface area (TPSA) is 52.5 Å². The number of oxazole rings is 1. The average molecular weight is 401 g/mol. The van der Waals surface area contributed by atoms with Gasteiger partial charge in [0, 0.05) is 40.7 Å². The number of piperazine rings is 1. The lowest BCUT2D eigenvalue weighted by Crippen LogP contribution is -2.46. The molecule has 4 aromatic rings. The molecule has 2 heterocycles. The Kier molecular flexibility index (Phi) is 2.06. The number of rotatable bonds is 4. The Balaban J connectivity index is 1.71. The first-order chi connectivity index (χ1) is 20.1. The third-order valence-electron chi connectivity index (χ3n) is 4.11. The third kappa shape index (κ3) is 3.69. The second-order valence-electron chi connectivity index (χ2n) is 5.98. The summed E-state index contributed by atoms with van der Waals surface area (Å²) in [7, 11) is 0. The smallest absolute Gasteiger partial charge is 0.406 e. The maximum atomic E-state index is 11.9. The molecule has 29 heavy (non-hydrogen) atoms. The number of anilines is 1. The first-order valence-corrected chi connectivity index (χ1v) is 8.52. The van der Waals surface area contributed by atoms with Gasteiger partial charge in [-0.2, -0.15) is 0 Å². The van der Waals surface area contributed by atoms with Crippen LogP contribution in [-0.4, -0.2) is 35.9 Å². The predicted molar refractivity (Wildman–Crippen MR) is 116 cm³/mol. The van der Waals surface area contributed by atoms with Gasteiger partial charge in [0.25, 0.3) is 0 Å². The van der Waals surface area contributed by atoms with Gasteiger partial charge >= 0.3 is 5.76 Å². The first kappa shape index (κ1) is 7.84. The lowest BCUT2D eigenvalue weighted by Gasteiger charge is -2.36. The summed E-state index contributed by atoms with van der Waals surface area (Å²) in [6.07, 6.45) is 0. The molecule has 3 aromatic carbocycles. The molecule has 1 saturated heterocycles. The number of aromatic amines is 1. The van der Waals surface area contributed by atoms with E-state index in [2.05, 4.69) is 4.98 Å². The van der Waals surface area contributed by atoms with Crippen LogP contribution in [0.3, 0.4) is 0 Å². The summed E-state index contributed by atoms with van der Waals surface area (Å²) in [4.78, 5) is 14.1. The molecule has 0 saturated carbocycles. The Bertz CT molecular complexity index is 1810. The van der Waals surface area contributed by atoms with Gasteiger partial charge in [0.05, 0.1) is 23.5 Å². The monoisotopic (exact) mass is 400 g/mol. The maximum Gasteiger partial charge on any atom is 0.417 e. The van der Waals surface area contributed by atoms with Crippen molar-refractivity contribution in [1.82, 2.24) is 9.88 Å². The van der Waals surface area contributed by atoms with Gasteiger partial charge in [-0.05, 0) is 34.9 Å². The standard InChI is InChI=1S/C24H23N3O2/c28-24-25-21-10-5-11-22(23(21)29-24)27-14-12-26(13-15-27)17-18-6-4-9-20(16-18)19-7-2-1-3-8-19/h1-11,16H,12-15,17H2,(H,25,28)/i1D,2D,3D,7D,8D,12D2,13D2,14D2,15D2,17D2. The highest BCUT2D eigenvalue weighted by atomic mass is 16.4.